The number of benzene rings is 1. The molecule has 9 heteroatoms. The number of nitrogens with two attached hydrogens (primary N) is 1. The zero-order valence-corrected chi connectivity index (χ0v) is 15.0. The second-order valence-corrected chi connectivity index (χ2v) is 6.59. The van der Waals surface area contributed by atoms with E-state index in [2.05, 4.69) is 15.2 Å². The smallest absolute Gasteiger partial charge is 0.233 e. The number of H-pyrrole nitrogens is 1. The predicted octanol–water partition coefficient (Wildman–Crippen LogP) is 1.86. The molecule has 134 valence electrons. The highest BCUT2D eigenvalue weighted by Crippen LogP contribution is 2.39. The number of thioether (sulfide) groups is 1. The largest absolute Gasteiger partial charge is 0.497 e. The monoisotopic (exact) mass is 363 g/mol. The quantitative estimate of drug-likeness (QED) is 0.754. The number of nitrogens with zero attached hydrogens (tertiary/aromatic N) is 3. The number of nitrogen functional groups attached to an aromatic ring is 1. The van der Waals surface area contributed by atoms with Gasteiger partial charge in [-0.25, -0.2) is 5.10 Å². The van der Waals surface area contributed by atoms with E-state index in [0.29, 0.717) is 5.16 Å². The molecule has 1 saturated heterocycles. The van der Waals surface area contributed by atoms with Crippen molar-refractivity contribution >= 4 is 23.6 Å². The number of amides is 1. The summed E-state index contributed by atoms with van der Waals surface area (Å²) in [6.07, 6.45) is 1.85. The van der Waals surface area contributed by atoms with Crippen LogP contribution in [0.2, 0.25) is 0 Å². The summed E-state index contributed by atoms with van der Waals surface area (Å²) < 4.78 is 10.8. The van der Waals surface area contributed by atoms with Crippen molar-refractivity contribution in [1.82, 2.24) is 20.1 Å². The molecule has 25 heavy (non-hydrogen) atoms. The topological polar surface area (TPSA) is 106 Å². The average Bonchev–Trinajstić information content (AvgIpc) is 3.28. The minimum Gasteiger partial charge on any atom is -0.497 e. The lowest BCUT2D eigenvalue weighted by Crippen LogP contribution is -2.32. The van der Waals surface area contributed by atoms with Crippen molar-refractivity contribution in [2.24, 2.45) is 0 Å². The average molecular weight is 363 g/mol. The van der Waals surface area contributed by atoms with Crippen LogP contribution in [0.5, 0.6) is 11.5 Å². The maximum Gasteiger partial charge on any atom is 0.233 e. The Kier molecular flexibility index (Phi) is 5.32. The van der Waals surface area contributed by atoms with Crippen LogP contribution >= 0.6 is 11.8 Å². The lowest BCUT2D eigenvalue weighted by atomic mass is 10.0. The Hall–Kier alpha value is -2.42. The van der Waals surface area contributed by atoms with Crippen molar-refractivity contribution in [1.29, 1.82) is 0 Å². The summed E-state index contributed by atoms with van der Waals surface area (Å²) in [4.78, 5) is 18.6. The Morgan fingerprint density at radius 1 is 1.44 bits per heavy atom. The molecule has 0 aliphatic carbocycles. The van der Waals surface area contributed by atoms with Crippen molar-refractivity contribution in [2.45, 2.75) is 24.0 Å². The summed E-state index contributed by atoms with van der Waals surface area (Å²) in [6, 6.07) is 5.65. The summed E-state index contributed by atoms with van der Waals surface area (Å²) in [5, 5.41) is 6.97. The van der Waals surface area contributed by atoms with Crippen molar-refractivity contribution in [3.8, 4) is 11.5 Å². The highest BCUT2D eigenvalue weighted by atomic mass is 32.2. The van der Waals surface area contributed by atoms with E-state index >= 15 is 0 Å². The van der Waals surface area contributed by atoms with Crippen LogP contribution in [0.4, 0.5) is 5.95 Å². The van der Waals surface area contributed by atoms with Crippen molar-refractivity contribution < 1.29 is 14.3 Å². The number of methoxy groups -OCH3 is 2. The van der Waals surface area contributed by atoms with Gasteiger partial charge in [-0.15, -0.1) is 5.10 Å². The first-order chi connectivity index (χ1) is 12.1. The van der Waals surface area contributed by atoms with Gasteiger partial charge in [-0.1, -0.05) is 11.8 Å². The molecule has 1 aliphatic heterocycles. The fourth-order valence-electron chi connectivity index (χ4n) is 3.02. The van der Waals surface area contributed by atoms with Gasteiger partial charge in [0.05, 0.1) is 26.0 Å². The third kappa shape index (κ3) is 3.81. The third-order valence-electron chi connectivity index (χ3n) is 4.18. The van der Waals surface area contributed by atoms with E-state index < -0.39 is 0 Å². The number of anilines is 1. The van der Waals surface area contributed by atoms with E-state index in [1.807, 2.05) is 23.1 Å². The van der Waals surface area contributed by atoms with Crippen LogP contribution in [0.1, 0.15) is 24.4 Å². The molecule has 2 heterocycles. The van der Waals surface area contributed by atoms with Crippen LogP contribution < -0.4 is 15.2 Å². The maximum atomic E-state index is 12.7. The SMILES string of the molecule is COc1ccc(OC)c([C@@H]2CCCN2C(=O)CSc2n[nH]c(N)n2)c1. The standard InChI is InChI=1S/C16H21N5O3S/c1-23-10-5-6-13(24-2)11(8-10)12-4-3-7-21(12)14(22)9-25-16-18-15(17)19-20-16/h5-6,8,12H,3-4,7,9H2,1-2H3,(H3,17,18,19,20)/t12-/m0/s1. The molecule has 1 aromatic heterocycles. The molecule has 1 atom stereocenters. The van der Waals surface area contributed by atoms with Gasteiger partial charge in [0.25, 0.3) is 0 Å². The molecule has 3 rings (SSSR count). The van der Waals surface area contributed by atoms with E-state index in [-0.39, 0.29) is 23.7 Å². The molecule has 0 spiro atoms. The van der Waals surface area contributed by atoms with Crippen molar-refractivity contribution in [2.75, 3.05) is 32.3 Å². The number of aromatic amines is 1. The number of carbonyl (C=O) groups is 1. The minimum absolute atomic E-state index is 0.0182. The molecule has 0 bridgehead atoms. The van der Waals surface area contributed by atoms with Crippen LogP contribution in [0.3, 0.4) is 0 Å². The van der Waals surface area contributed by atoms with Crippen LogP contribution in [-0.4, -0.2) is 52.5 Å². The van der Waals surface area contributed by atoms with E-state index in [1.54, 1.807) is 14.2 Å². The number of carbonyl (C=O) groups excluding carboxylic acids is 1. The van der Waals surface area contributed by atoms with Crippen LogP contribution in [-0.2, 0) is 4.79 Å². The Morgan fingerprint density at radius 2 is 2.28 bits per heavy atom. The van der Waals surface area contributed by atoms with Gasteiger partial charge in [-0.3, -0.25) is 4.79 Å². The number of nitrogens with one attached hydrogen (secondary N) is 1. The first kappa shape index (κ1) is 17.4. The molecule has 2 aromatic rings. The van der Waals surface area contributed by atoms with Crippen molar-refractivity contribution in [3.63, 3.8) is 0 Å². The molecule has 0 saturated carbocycles. The summed E-state index contributed by atoms with van der Waals surface area (Å²) in [6.45, 7) is 0.723. The summed E-state index contributed by atoms with van der Waals surface area (Å²) >= 11 is 1.27. The van der Waals surface area contributed by atoms with E-state index in [0.717, 1.165) is 36.4 Å². The molecule has 1 aliphatic rings. The van der Waals surface area contributed by atoms with Gasteiger partial charge in [0.1, 0.15) is 11.5 Å². The predicted molar refractivity (Wildman–Crippen MR) is 94.8 cm³/mol. The molecule has 3 N–H and O–H groups in total. The highest BCUT2D eigenvalue weighted by molar-refractivity contribution is 7.99. The Morgan fingerprint density at radius 3 is 2.96 bits per heavy atom. The maximum absolute atomic E-state index is 12.7. The second-order valence-electron chi connectivity index (χ2n) is 5.64. The lowest BCUT2D eigenvalue weighted by Gasteiger charge is -2.26. The molecule has 8 nitrogen and oxygen atoms in total. The number of likely N-dealkylation sites (tertiary alicyclic amines) is 1. The van der Waals surface area contributed by atoms with Gasteiger partial charge in [0.15, 0.2) is 0 Å². The lowest BCUT2D eigenvalue weighted by molar-refractivity contribution is -0.129. The van der Waals surface area contributed by atoms with Crippen LogP contribution in [0.25, 0.3) is 0 Å². The van der Waals surface area contributed by atoms with Gasteiger partial charge in [-0.05, 0) is 31.0 Å². The molecule has 0 radical (unpaired) electrons. The zero-order chi connectivity index (χ0) is 17.8. The zero-order valence-electron chi connectivity index (χ0n) is 14.2. The normalized spacial score (nSPS) is 16.9. The fourth-order valence-corrected chi connectivity index (χ4v) is 3.71. The third-order valence-corrected chi connectivity index (χ3v) is 5.01. The molecule has 1 fully saturated rings. The number of aromatic nitrogens is 3. The Bertz CT molecular complexity index is 751. The number of ether oxygens (including phenoxy) is 2. The number of hydrogen-bond donors (Lipinski definition) is 2. The Balaban J connectivity index is 1.74. The number of rotatable bonds is 6. The molecular weight excluding hydrogens is 342 g/mol. The van der Waals surface area contributed by atoms with E-state index in [4.69, 9.17) is 15.2 Å². The van der Waals surface area contributed by atoms with Gasteiger partial charge >= 0.3 is 0 Å². The first-order valence-corrected chi connectivity index (χ1v) is 8.93. The highest BCUT2D eigenvalue weighted by Gasteiger charge is 2.32. The Labute approximate surface area is 150 Å². The first-order valence-electron chi connectivity index (χ1n) is 7.94. The molecule has 1 amide bonds. The fraction of sp³-hybridized carbons (Fsp3) is 0.438. The second kappa shape index (κ2) is 7.64. The summed E-state index contributed by atoms with van der Waals surface area (Å²) in [5.41, 5.74) is 6.47. The minimum atomic E-state index is -0.0182. The summed E-state index contributed by atoms with van der Waals surface area (Å²) in [7, 11) is 3.26. The van der Waals surface area contributed by atoms with Gasteiger partial charge in [-0.2, -0.15) is 4.98 Å². The van der Waals surface area contributed by atoms with Crippen LogP contribution in [0.15, 0.2) is 23.4 Å². The molecule has 0 unspecified atom stereocenters. The van der Waals surface area contributed by atoms with Crippen molar-refractivity contribution in [3.05, 3.63) is 23.8 Å². The van der Waals surface area contributed by atoms with E-state index in [1.165, 1.54) is 11.8 Å². The molecular formula is C16H21N5O3S. The molecule has 1 aromatic carbocycles. The van der Waals surface area contributed by atoms with Crippen LogP contribution in [0, 0.1) is 0 Å². The van der Waals surface area contributed by atoms with E-state index in [9.17, 15) is 4.79 Å². The van der Waals surface area contributed by atoms with Gasteiger partial charge < -0.3 is 20.1 Å². The van der Waals surface area contributed by atoms with Gasteiger partial charge in [0, 0.05) is 12.1 Å². The summed E-state index contributed by atoms with van der Waals surface area (Å²) in [5.74, 6) is 2.07. The van der Waals surface area contributed by atoms with Gasteiger partial charge in [0.2, 0.25) is 17.0 Å². The number of hydrogen-bond acceptors (Lipinski definition) is 7.